The van der Waals surface area contributed by atoms with Crippen LogP contribution in [0.5, 0.6) is 0 Å². The van der Waals surface area contributed by atoms with E-state index >= 15 is 0 Å². The summed E-state index contributed by atoms with van der Waals surface area (Å²) in [7, 11) is 0. The van der Waals surface area contributed by atoms with Crippen LogP contribution >= 0.6 is 11.8 Å². The first-order chi connectivity index (χ1) is 6.83. The zero-order valence-electron chi connectivity index (χ0n) is 8.50. The van der Waals surface area contributed by atoms with Gasteiger partial charge in [0.05, 0.1) is 0 Å². The molecule has 1 rings (SSSR count). The Hall–Kier alpha value is -0.220. The maximum absolute atomic E-state index is 11.4. The highest BCUT2D eigenvalue weighted by Gasteiger charge is 2.16. The molecule has 1 aliphatic rings. The van der Waals surface area contributed by atoms with Gasteiger partial charge in [0.2, 0.25) is 5.91 Å². The van der Waals surface area contributed by atoms with Crippen molar-refractivity contribution in [2.75, 3.05) is 24.7 Å². The first-order valence-corrected chi connectivity index (χ1v) is 6.43. The second kappa shape index (κ2) is 7.12. The molecule has 14 heavy (non-hydrogen) atoms. The molecule has 4 heteroatoms. The van der Waals surface area contributed by atoms with Gasteiger partial charge in [-0.1, -0.05) is 0 Å². The number of thioether (sulfide) groups is 1. The number of carbonyl (C=O) groups excluding carboxylic acids is 1. The molecule has 1 heterocycles. The fourth-order valence-corrected chi connectivity index (χ4v) is 2.80. The van der Waals surface area contributed by atoms with E-state index in [0.717, 1.165) is 0 Å². The van der Waals surface area contributed by atoms with E-state index in [9.17, 15) is 4.79 Å². The summed E-state index contributed by atoms with van der Waals surface area (Å²) in [6, 6.07) is 0. The maximum atomic E-state index is 11.4. The van der Waals surface area contributed by atoms with Gasteiger partial charge >= 0.3 is 0 Å². The fourth-order valence-electron chi connectivity index (χ4n) is 1.59. The minimum Gasteiger partial charge on any atom is -0.396 e. The molecule has 0 aromatic rings. The molecule has 0 saturated carbocycles. The summed E-state index contributed by atoms with van der Waals surface area (Å²) in [5.41, 5.74) is 0. The van der Waals surface area contributed by atoms with Gasteiger partial charge in [-0.2, -0.15) is 11.8 Å². The van der Waals surface area contributed by atoms with Crippen molar-refractivity contribution in [2.24, 2.45) is 5.92 Å². The maximum Gasteiger partial charge on any atom is 0.220 e. The van der Waals surface area contributed by atoms with Crippen molar-refractivity contribution in [3.63, 3.8) is 0 Å². The standard InChI is InChI=1S/C10H19NO2S/c12-5-1-4-11-10(13)8-9-2-6-14-7-3-9/h9,12H,1-8H2,(H,11,13). The Balaban J connectivity index is 2.06. The van der Waals surface area contributed by atoms with E-state index in [4.69, 9.17) is 5.11 Å². The van der Waals surface area contributed by atoms with Gasteiger partial charge in [-0.25, -0.2) is 0 Å². The molecule has 82 valence electrons. The Bertz CT molecular complexity index is 170. The SMILES string of the molecule is O=C(CC1CCSCC1)NCCCO. The summed E-state index contributed by atoms with van der Waals surface area (Å²) in [4.78, 5) is 11.4. The number of nitrogens with one attached hydrogen (secondary N) is 1. The van der Waals surface area contributed by atoms with Gasteiger partial charge in [0.15, 0.2) is 0 Å². The summed E-state index contributed by atoms with van der Waals surface area (Å²) >= 11 is 1.98. The normalized spacial score (nSPS) is 18.1. The van der Waals surface area contributed by atoms with Crippen LogP contribution in [0.2, 0.25) is 0 Å². The van der Waals surface area contributed by atoms with Crippen LogP contribution in [0.25, 0.3) is 0 Å². The smallest absolute Gasteiger partial charge is 0.220 e. The van der Waals surface area contributed by atoms with E-state index in [1.54, 1.807) is 0 Å². The molecule has 0 spiro atoms. The van der Waals surface area contributed by atoms with Crippen LogP contribution in [0.3, 0.4) is 0 Å². The molecule has 2 N–H and O–H groups in total. The number of hydrogen-bond donors (Lipinski definition) is 2. The molecular formula is C10H19NO2S. The molecule has 0 aromatic heterocycles. The van der Waals surface area contributed by atoms with E-state index < -0.39 is 0 Å². The predicted octanol–water partition coefficient (Wildman–Crippen LogP) is 1.02. The highest BCUT2D eigenvalue weighted by molar-refractivity contribution is 7.99. The Morgan fingerprint density at radius 2 is 2.14 bits per heavy atom. The zero-order chi connectivity index (χ0) is 10.2. The van der Waals surface area contributed by atoms with Crippen LogP contribution in [0.4, 0.5) is 0 Å². The van der Waals surface area contributed by atoms with Crippen LogP contribution in [0.15, 0.2) is 0 Å². The quantitative estimate of drug-likeness (QED) is 0.676. The second-order valence-corrected chi connectivity index (χ2v) is 4.91. The molecule has 0 radical (unpaired) electrons. The van der Waals surface area contributed by atoms with Gasteiger partial charge in [0.1, 0.15) is 0 Å². The number of aliphatic hydroxyl groups excluding tert-OH is 1. The van der Waals surface area contributed by atoms with Gasteiger partial charge in [-0.15, -0.1) is 0 Å². The van der Waals surface area contributed by atoms with Crippen molar-refractivity contribution >= 4 is 17.7 Å². The average molecular weight is 217 g/mol. The molecule has 0 bridgehead atoms. The monoisotopic (exact) mass is 217 g/mol. The van der Waals surface area contributed by atoms with E-state index in [1.807, 2.05) is 11.8 Å². The summed E-state index contributed by atoms with van der Waals surface area (Å²) in [6.07, 6.45) is 3.69. The Morgan fingerprint density at radius 3 is 2.79 bits per heavy atom. The summed E-state index contributed by atoms with van der Waals surface area (Å²) in [5, 5.41) is 11.4. The van der Waals surface area contributed by atoms with Crippen molar-refractivity contribution < 1.29 is 9.90 Å². The molecule has 1 aliphatic heterocycles. The van der Waals surface area contributed by atoms with Gasteiger partial charge < -0.3 is 10.4 Å². The molecule has 0 aliphatic carbocycles. The summed E-state index contributed by atoms with van der Waals surface area (Å²) in [5.74, 6) is 3.14. The molecule has 0 unspecified atom stereocenters. The van der Waals surface area contributed by atoms with E-state index in [0.29, 0.717) is 25.3 Å². The van der Waals surface area contributed by atoms with Crippen LogP contribution in [0, 0.1) is 5.92 Å². The Labute approximate surface area is 89.6 Å². The van der Waals surface area contributed by atoms with Gasteiger partial charge in [-0.05, 0) is 36.7 Å². The Kier molecular flexibility index (Phi) is 6.03. The van der Waals surface area contributed by atoms with Crippen LogP contribution in [-0.4, -0.2) is 35.7 Å². The highest BCUT2D eigenvalue weighted by atomic mass is 32.2. The summed E-state index contributed by atoms with van der Waals surface area (Å²) in [6.45, 7) is 0.761. The third kappa shape index (κ3) is 4.86. The number of hydrogen-bond acceptors (Lipinski definition) is 3. The first-order valence-electron chi connectivity index (χ1n) is 5.28. The van der Waals surface area contributed by atoms with Crippen molar-refractivity contribution in [3.05, 3.63) is 0 Å². The average Bonchev–Trinajstić information content (AvgIpc) is 2.20. The molecule has 0 aromatic carbocycles. The molecular weight excluding hydrogens is 198 g/mol. The number of rotatable bonds is 5. The molecule has 3 nitrogen and oxygen atoms in total. The number of amides is 1. The van der Waals surface area contributed by atoms with E-state index in [1.165, 1.54) is 24.3 Å². The minimum absolute atomic E-state index is 0.148. The summed E-state index contributed by atoms with van der Waals surface area (Å²) < 4.78 is 0. The number of aliphatic hydroxyl groups is 1. The first kappa shape index (κ1) is 11.9. The largest absolute Gasteiger partial charge is 0.396 e. The lowest BCUT2D eigenvalue weighted by Gasteiger charge is -2.20. The third-order valence-corrected chi connectivity index (χ3v) is 3.52. The fraction of sp³-hybridized carbons (Fsp3) is 0.900. The minimum atomic E-state index is 0.148. The van der Waals surface area contributed by atoms with Crippen LogP contribution < -0.4 is 5.32 Å². The highest BCUT2D eigenvalue weighted by Crippen LogP contribution is 2.24. The van der Waals surface area contributed by atoms with Crippen molar-refractivity contribution in [1.82, 2.24) is 5.32 Å². The predicted molar refractivity (Wildman–Crippen MR) is 59.4 cm³/mol. The van der Waals surface area contributed by atoms with Crippen molar-refractivity contribution in [1.29, 1.82) is 0 Å². The molecule has 1 amide bonds. The van der Waals surface area contributed by atoms with E-state index in [-0.39, 0.29) is 12.5 Å². The Morgan fingerprint density at radius 1 is 1.43 bits per heavy atom. The van der Waals surface area contributed by atoms with Crippen molar-refractivity contribution in [3.8, 4) is 0 Å². The lowest BCUT2D eigenvalue weighted by molar-refractivity contribution is -0.122. The third-order valence-electron chi connectivity index (χ3n) is 2.47. The molecule has 1 fully saturated rings. The van der Waals surface area contributed by atoms with Crippen LogP contribution in [0.1, 0.15) is 25.7 Å². The lowest BCUT2D eigenvalue weighted by Crippen LogP contribution is -2.28. The van der Waals surface area contributed by atoms with E-state index in [2.05, 4.69) is 5.32 Å². The second-order valence-electron chi connectivity index (χ2n) is 3.69. The van der Waals surface area contributed by atoms with Gasteiger partial charge in [-0.3, -0.25) is 4.79 Å². The van der Waals surface area contributed by atoms with Gasteiger partial charge in [0, 0.05) is 19.6 Å². The lowest BCUT2D eigenvalue weighted by atomic mass is 9.98. The van der Waals surface area contributed by atoms with Crippen molar-refractivity contribution in [2.45, 2.75) is 25.7 Å². The van der Waals surface area contributed by atoms with Gasteiger partial charge in [0.25, 0.3) is 0 Å². The van der Waals surface area contributed by atoms with Crippen LogP contribution in [-0.2, 0) is 4.79 Å². The molecule has 1 saturated heterocycles. The molecule has 0 atom stereocenters. The zero-order valence-corrected chi connectivity index (χ0v) is 9.31. The number of carbonyl (C=O) groups is 1. The topological polar surface area (TPSA) is 49.3 Å².